The molecule has 0 N–H and O–H groups in total. The molecule has 0 amide bonds. The minimum absolute atomic E-state index is 0.269. The highest BCUT2D eigenvalue weighted by atomic mass is 16.7. The van der Waals surface area contributed by atoms with E-state index >= 15 is 0 Å². The van der Waals surface area contributed by atoms with Crippen molar-refractivity contribution >= 4 is 18.2 Å². The summed E-state index contributed by atoms with van der Waals surface area (Å²) in [6, 6.07) is 0. The molecule has 11 heavy (non-hydrogen) atoms. The molecule has 62 valence electrons. The number of carbonyl (C=O) groups excluding carboxylic acids is 2. The summed E-state index contributed by atoms with van der Waals surface area (Å²) in [5, 5.41) is 3.04. The van der Waals surface area contributed by atoms with Crippen LogP contribution in [0.5, 0.6) is 0 Å². The third-order valence-electron chi connectivity index (χ3n) is 0.626. The van der Waals surface area contributed by atoms with Crippen LogP contribution in [0.1, 0.15) is 13.8 Å². The quantitative estimate of drug-likeness (QED) is 0.253. The number of nitrogens with zero attached hydrogens (tertiary/aromatic N) is 1. The molecule has 0 spiro atoms. The van der Waals surface area contributed by atoms with Gasteiger partial charge in [0.15, 0.2) is 6.21 Å². The van der Waals surface area contributed by atoms with Crippen LogP contribution < -0.4 is 0 Å². The molecule has 5 nitrogen and oxygen atoms in total. The molecule has 0 saturated heterocycles. The van der Waals surface area contributed by atoms with Crippen LogP contribution in [-0.2, 0) is 19.2 Å². The Morgan fingerprint density at radius 1 is 1.55 bits per heavy atom. The van der Waals surface area contributed by atoms with Crippen LogP contribution in [0.2, 0.25) is 0 Å². The van der Waals surface area contributed by atoms with Gasteiger partial charge in [0.25, 0.3) is 0 Å². The van der Waals surface area contributed by atoms with Gasteiger partial charge in [-0.15, -0.1) is 0 Å². The van der Waals surface area contributed by atoms with Crippen molar-refractivity contribution in [3.8, 4) is 0 Å². The van der Waals surface area contributed by atoms with E-state index < -0.39 is 11.9 Å². The van der Waals surface area contributed by atoms with Crippen molar-refractivity contribution in [1.82, 2.24) is 0 Å². The van der Waals surface area contributed by atoms with E-state index in [-0.39, 0.29) is 6.61 Å². The Hall–Kier alpha value is -1.39. The summed E-state index contributed by atoms with van der Waals surface area (Å²) in [6.07, 6.45) is 0.797. The van der Waals surface area contributed by atoms with Gasteiger partial charge < -0.3 is 9.57 Å². The number of carbonyl (C=O) groups is 2. The number of hydrogen-bond donors (Lipinski definition) is 0. The normalized spacial score (nSPS) is 9.64. The van der Waals surface area contributed by atoms with Gasteiger partial charge in [0.05, 0.1) is 6.61 Å². The van der Waals surface area contributed by atoms with Gasteiger partial charge in [-0.1, -0.05) is 5.16 Å². The summed E-state index contributed by atoms with van der Waals surface area (Å²) in [5.41, 5.74) is 0. The average Bonchev–Trinajstić information content (AvgIpc) is 1.87. The third kappa shape index (κ3) is 6.50. The highest BCUT2D eigenvalue weighted by Gasteiger charge is 1.94. The van der Waals surface area contributed by atoms with Gasteiger partial charge in [-0.2, -0.15) is 0 Å². The number of esters is 1. The molecule has 0 radical (unpaired) electrons. The molecular formula is C6H9NO4. The van der Waals surface area contributed by atoms with Gasteiger partial charge in [-0.3, -0.25) is 0 Å². The van der Waals surface area contributed by atoms with Gasteiger partial charge in [0, 0.05) is 6.92 Å². The smallest absolute Gasteiger partial charge is 0.352 e. The summed E-state index contributed by atoms with van der Waals surface area (Å²) < 4.78 is 4.44. The standard InChI is InChI=1S/C6H9NO4/c1-3-10-6(9)4-7-11-5(2)8/h4H,3H2,1-2H3. The Balaban J connectivity index is 3.56. The summed E-state index contributed by atoms with van der Waals surface area (Å²) in [5.74, 6) is -1.21. The monoisotopic (exact) mass is 159 g/mol. The lowest BCUT2D eigenvalue weighted by Gasteiger charge is -1.92. The molecule has 0 atom stereocenters. The van der Waals surface area contributed by atoms with Crippen molar-refractivity contribution in [3.63, 3.8) is 0 Å². The molecular weight excluding hydrogens is 150 g/mol. The Bertz CT molecular complexity index is 175. The second-order valence-corrected chi connectivity index (χ2v) is 1.57. The predicted octanol–water partition coefficient (Wildman–Crippen LogP) is 0.0984. The number of oxime groups is 1. The predicted molar refractivity (Wildman–Crippen MR) is 36.9 cm³/mol. The van der Waals surface area contributed by atoms with Crippen LogP contribution in [0.3, 0.4) is 0 Å². The first-order valence-electron chi connectivity index (χ1n) is 3.04. The number of ether oxygens (including phenoxy) is 1. The third-order valence-corrected chi connectivity index (χ3v) is 0.626. The second kappa shape index (κ2) is 5.40. The fraction of sp³-hybridized carbons (Fsp3) is 0.500. The minimum Gasteiger partial charge on any atom is -0.462 e. The topological polar surface area (TPSA) is 65.0 Å². The zero-order valence-corrected chi connectivity index (χ0v) is 6.36. The lowest BCUT2D eigenvalue weighted by Crippen LogP contribution is -2.05. The van der Waals surface area contributed by atoms with E-state index in [1.165, 1.54) is 6.92 Å². The summed E-state index contributed by atoms with van der Waals surface area (Å²) >= 11 is 0. The molecule has 0 aliphatic carbocycles. The molecule has 0 unspecified atom stereocenters. The fourth-order valence-corrected chi connectivity index (χ4v) is 0.323. The van der Waals surface area contributed by atoms with Crippen LogP contribution in [0, 0.1) is 0 Å². The maximum atomic E-state index is 10.5. The number of rotatable bonds is 3. The number of hydrogen-bond acceptors (Lipinski definition) is 5. The molecule has 5 heteroatoms. The Morgan fingerprint density at radius 3 is 2.64 bits per heavy atom. The van der Waals surface area contributed by atoms with Crippen molar-refractivity contribution in [3.05, 3.63) is 0 Å². The largest absolute Gasteiger partial charge is 0.462 e. The van der Waals surface area contributed by atoms with Gasteiger partial charge in [-0.25, -0.2) is 9.59 Å². The molecule has 0 aromatic carbocycles. The van der Waals surface area contributed by atoms with Crippen LogP contribution >= 0.6 is 0 Å². The highest BCUT2D eigenvalue weighted by molar-refractivity contribution is 6.23. The van der Waals surface area contributed by atoms with Crippen molar-refractivity contribution in [2.24, 2.45) is 5.16 Å². The van der Waals surface area contributed by atoms with E-state index in [2.05, 4.69) is 14.7 Å². The zero-order valence-electron chi connectivity index (χ0n) is 6.36. The van der Waals surface area contributed by atoms with Crippen LogP contribution in [0.15, 0.2) is 5.16 Å². The molecule has 0 aromatic rings. The van der Waals surface area contributed by atoms with Crippen LogP contribution in [0.25, 0.3) is 0 Å². The minimum atomic E-state index is -0.631. The summed E-state index contributed by atoms with van der Waals surface area (Å²) in [6.45, 7) is 3.12. The van der Waals surface area contributed by atoms with Gasteiger partial charge in [-0.05, 0) is 6.92 Å². The highest BCUT2D eigenvalue weighted by Crippen LogP contribution is 1.77. The molecule has 0 saturated carbocycles. The summed E-state index contributed by atoms with van der Waals surface area (Å²) in [4.78, 5) is 24.6. The summed E-state index contributed by atoms with van der Waals surface area (Å²) in [7, 11) is 0. The van der Waals surface area contributed by atoms with Crippen molar-refractivity contribution in [2.45, 2.75) is 13.8 Å². The van der Waals surface area contributed by atoms with E-state index in [1.54, 1.807) is 6.92 Å². The van der Waals surface area contributed by atoms with Crippen molar-refractivity contribution in [1.29, 1.82) is 0 Å². The lowest BCUT2D eigenvalue weighted by atomic mass is 10.7. The van der Waals surface area contributed by atoms with E-state index in [1.807, 2.05) is 0 Å². The molecule has 0 aliphatic rings. The van der Waals surface area contributed by atoms with Gasteiger partial charge >= 0.3 is 11.9 Å². The lowest BCUT2D eigenvalue weighted by molar-refractivity contribution is -0.141. The first-order valence-corrected chi connectivity index (χ1v) is 3.04. The SMILES string of the molecule is CCOC(=O)C=NOC(C)=O. The Morgan fingerprint density at radius 2 is 2.18 bits per heavy atom. The van der Waals surface area contributed by atoms with E-state index in [4.69, 9.17) is 0 Å². The van der Waals surface area contributed by atoms with Crippen LogP contribution in [-0.4, -0.2) is 24.8 Å². The Kier molecular flexibility index (Phi) is 4.72. The molecule has 0 aliphatic heterocycles. The maximum absolute atomic E-state index is 10.5. The maximum Gasteiger partial charge on any atom is 0.352 e. The van der Waals surface area contributed by atoms with E-state index in [0.717, 1.165) is 6.21 Å². The molecule has 0 bridgehead atoms. The second-order valence-electron chi connectivity index (χ2n) is 1.57. The van der Waals surface area contributed by atoms with Gasteiger partial charge in [0.1, 0.15) is 0 Å². The molecule has 0 aromatic heterocycles. The molecule has 0 heterocycles. The molecule has 0 fully saturated rings. The fourth-order valence-electron chi connectivity index (χ4n) is 0.323. The van der Waals surface area contributed by atoms with Crippen molar-refractivity contribution < 1.29 is 19.2 Å². The first-order chi connectivity index (χ1) is 5.16. The average molecular weight is 159 g/mol. The van der Waals surface area contributed by atoms with Crippen LogP contribution in [0.4, 0.5) is 0 Å². The van der Waals surface area contributed by atoms with Gasteiger partial charge in [0.2, 0.25) is 0 Å². The molecule has 0 rings (SSSR count). The first kappa shape index (κ1) is 9.61. The van der Waals surface area contributed by atoms with E-state index in [0.29, 0.717) is 0 Å². The van der Waals surface area contributed by atoms with Crippen molar-refractivity contribution in [2.75, 3.05) is 6.61 Å². The zero-order chi connectivity index (χ0) is 8.69. The Labute approximate surface area is 64.0 Å². The van der Waals surface area contributed by atoms with E-state index in [9.17, 15) is 9.59 Å².